The summed E-state index contributed by atoms with van der Waals surface area (Å²) in [5.74, 6) is -1.81. The number of hydrogen-bond donors (Lipinski definition) is 0. The van der Waals surface area contributed by atoms with E-state index >= 15 is 0 Å². The zero-order valence-electron chi connectivity index (χ0n) is 42.9. The average molecular weight is 1060 g/mol. The van der Waals surface area contributed by atoms with Crippen molar-refractivity contribution in [2.75, 3.05) is 39.3 Å². The van der Waals surface area contributed by atoms with E-state index < -0.39 is 0 Å². The molecule has 12 fully saturated rings. The molecule has 78 heavy (non-hydrogen) atoms. The van der Waals surface area contributed by atoms with Gasteiger partial charge in [0.15, 0.2) is 0 Å². The zero-order valence-corrected chi connectivity index (χ0v) is 42.9. The Hall–Kier alpha value is -6.72. The SMILES string of the molecule is O=C1C2C3C=CC(C3)C2C(=O)N1CCN1C(=O)C2C3C=CC(C3)C2C1=O.O=C1C2C3C=CC(C3)C2C(=O)N1CCN1C(=O)C2C3C=CC(C3)C2C1=O.O=C1C2C3C=CC(C3)C2C(=O)N1CCN1C(=O)C2C3C=CC(C3)C2C1=O. The monoisotopic (exact) mass is 1060 g/mol. The first-order chi connectivity index (χ1) is 37.7. The molecule has 18 aliphatic rings. The van der Waals surface area contributed by atoms with Crippen LogP contribution in [0.15, 0.2) is 72.9 Å². The minimum Gasteiger partial charge on any atom is -0.280 e. The van der Waals surface area contributed by atoms with Gasteiger partial charge in [0.1, 0.15) is 0 Å². The van der Waals surface area contributed by atoms with Gasteiger partial charge in [0, 0.05) is 39.3 Å². The average Bonchev–Trinajstić information content (AvgIpc) is 4.26. The first kappa shape index (κ1) is 47.3. The lowest BCUT2D eigenvalue weighted by molar-refractivity contribution is -0.146. The van der Waals surface area contributed by atoms with E-state index in [-0.39, 0.29) is 252 Å². The van der Waals surface area contributed by atoms with Gasteiger partial charge in [0.05, 0.1) is 71.0 Å². The Kier molecular flexibility index (Phi) is 9.96. The first-order valence-electron chi connectivity index (χ1n) is 28.9. The number of likely N-dealkylation sites (tertiary alicyclic amines) is 6. The Morgan fingerprint density at radius 1 is 0.192 bits per heavy atom. The molecular weight excluding hydrogens is 997 g/mol. The molecule has 18 nitrogen and oxygen atoms in total. The van der Waals surface area contributed by atoms with Crippen LogP contribution in [0.3, 0.4) is 0 Å². The van der Waals surface area contributed by atoms with Gasteiger partial charge in [-0.25, -0.2) is 0 Å². The molecule has 24 atom stereocenters. The van der Waals surface area contributed by atoms with Crippen molar-refractivity contribution in [3.8, 4) is 0 Å². The van der Waals surface area contributed by atoms with Crippen LogP contribution in [0.25, 0.3) is 0 Å². The fourth-order valence-electron chi connectivity index (χ4n) is 19.7. The molecule has 18 heteroatoms. The molecule has 0 aromatic carbocycles. The standard InChI is InChI=1S/3C20H20N2O4/c3*23-17-13-9-1-2-10(7-9)14(13)18(24)21(17)5-6-22-19(25)15-11-3-4-12(8-11)16(15)20(22)26/h3*1-4,9-16H,5-8H2. The number of rotatable bonds is 9. The van der Waals surface area contributed by atoms with Gasteiger partial charge >= 0.3 is 0 Å². The number of amides is 12. The van der Waals surface area contributed by atoms with Crippen molar-refractivity contribution in [3.63, 3.8) is 0 Å². The minimum absolute atomic E-state index is 0.113. The Morgan fingerprint density at radius 2 is 0.282 bits per heavy atom. The number of carbonyl (C=O) groups is 12. The molecular formula is C60H60N6O12. The van der Waals surface area contributed by atoms with Crippen molar-refractivity contribution in [1.29, 1.82) is 0 Å². The zero-order chi connectivity index (χ0) is 53.2. The smallest absolute Gasteiger partial charge is 0.233 e. The van der Waals surface area contributed by atoms with Crippen LogP contribution in [-0.2, 0) is 57.5 Å². The number of allylic oxidation sites excluding steroid dienone is 12. The lowest BCUT2D eigenvalue weighted by Gasteiger charge is -2.22. The Morgan fingerprint density at radius 3 is 0.372 bits per heavy atom. The normalized spacial score (nSPS) is 47.1. The second-order valence-electron chi connectivity index (χ2n) is 26.0. The number of fused-ring (bicyclic) bond motifs is 30. The van der Waals surface area contributed by atoms with E-state index in [1.165, 1.54) is 29.4 Å². The highest BCUT2D eigenvalue weighted by Crippen LogP contribution is 2.58. The second kappa shape index (κ2) is 16.4. The largest absolute Gasteiger partial charge is 0.280 e. The predicted octanol–water partition coefficient (Wildman–Crippen LogP) is 1.80. The molecule has 6 aliphatic heterocycles. The van der Waals surface area contributed by atoms with Crippen molar-refractivity contribution in [3.05, 3.63) is 72.9 Å². The van der Waals surface area contributed by atoms with Crippen molar-refractivity contribution in [1.82, 2.24) is 29.4 Å². The summed E-state index contributed by atoms with van der Waals surface area (Å²) in [7, 11) is 0. The summed E-state index contributed by atoms with van der Waals surface area (Å²) in [5.41, 5.74) is 0. The lowest BCUT2D eigenvalue weighted by atomic mass is 9.85. The number of hydrogen-bond acceptors (Lipinski definition) is 12. The van der Waals surface area contributed by atoms with Gasteiger partial charge in [0.25, 0.3) is 0 Å². The summed E-state index contributed by atoms with van der Waals surface area (Å²) >= 11 is 0. The highest BCUT2D eigenvalue weighted by Gasteiger charge is 2.65. The topological polar surface area (TPSA) is 224 Å². The number of imide groups is 6. The molecule has 12 amide bonds. The molecule has 24 unspecified atom stereocenters. The highest BCUT2D eigenvalue weighted by atomic mass is 16.2. The van der Waals surface area contributed by atoms with Crippen LogP contribution in [0.2, 0.25) is 0 Å². The van der Waals surface area contributed by atoms with E-state index in [9.17, 15) is 57.5 Å². The molecule has 402 valence electrons. The second-order valence-corrected chi connectivity index (χ2v) is 26.0. The highest BCUT2D eigenvalue weighted by molar-refractivity contribution is 6.11. The van der Waals surface area contributed by atoms with E-state index in [0.29, 0.717) is 0 Å². The lowest BCUT2D eigenvalue weighted by Crippen LogP contribution is -2.42. The van der Waals surface area contributed by atoms with Gasteiger partial charge in [0.2, 0.25) is 70.9 Å². The third-order valence-corrected chi connectivity index (χ3v) is 23.0. The third-order valence-electron chi connectivity index (χ3n) is 23.0. The van der Waals surface area contributed by atoms with Crippen LogP contribution in [0, 0.1) is 142 Å². The van der Waals surface area contributed by atoms with Crippen LogP contribution >= 0.6 is 0 Å². The van der Waals surface area contributed by atoms with Gasteiger partial charge in [-0.15, -0.1) is 0 Å². The van der Waals surface area contributed by atoms with Gasteiger partial charge in [-0.1, -0.05) is 72.9 Å². The molecule has 6 heterocycles. The molecule has 0 aromatic heterocycles. The predicted molar refractivity (Wildman–Crippen MR) is 267 cm³/mol. The van der Waals surface area contributed by atoms with Gasteiger partial charge in [-0.2, -0.15) is 0 Å². The van der Waals surface area contributed by atoms with Crippen LogP contribution in [0.4, 0.5) is 0 Å². The molecule has 0 N–H and O–H groups in total. The summed E-state index contributed by atoms with van der Waals surface area (Å²) in [5, 5.41) is 0. The maximum absolute atomic E-state index is 12.7. The van der Waals surface area contributed by atoms with Crippen molar-refractivity contribution >= 4 is 70.9 Å². The molecule has 18 rings (SSSR count). The maximum atomic E-state index is 12.7. The molecule has 0 radical (unpaired) electrons. The molecule has 6 saturated heterocycles. The fraction of sp³-hybridized carbons (Fsp3) is 0.600. The van der Waals surface area contributed by atoms with Crippen LogP contribution in [-0.4, -0.2) is 140 Å². The van der Waals surface area contributed by atoms with E-state index in [0.717, 1.165) is 38.5 Å². The van der Waals surface area contributed by atoms with E-state index in [1.54, 1.807) is 0 Å². The minimum atomic E-state index is -0.220. The molecule has 12 aliphatic carbocycles. The van der Waals surface area contributed by atoms with E-state index in [4.69, 9.17) is 0 Å². The molecule has 0 spiro atoms. The number of nitrogens with zero attached hydrogens (tertiary/aromatic N) is 6. The Balaban J connectivity index is 0.0000000978. The molecule has 6 saturated carbocycles. The van der Waals surface area contributed by atoms with Crippen molar-refractivity contribution in [2.24, 2.45) is 142 Å². The summed E-state index contributed by atoms with van der Waals surface area (Å²) < 4.78 is 0. The quantitative estimate of drug-likeness (QED) is 0.238. The maximum Gasteiger partial charge on any atom is 0.233 e. The molecule has 0 aromatic rings. The van der Waals surface area contributed by atoms with Gasteiger partial charge in [-0.3, -0.25) is 86.9 Å². The number of carbonyl (C=O) groups excluding carboxylic acids is 12. The summed E-state index contributed by atoms with van der Waals surface area (Å²) in [6.45, 7) is 0.856. The summed E-state index contributed by atoms with van der Waals surface area (Å²) in [4.78, 5) is 161. The third kappa shape index (κ3) is 6.09. The van der Waals surface area contributed by atoms with E-state index in [1.807, 2.05) is 0 Å². The Bertz CT molecular complexity index is 2430. The van der Waals surface area contributed by atoms with Crippen LogP contribution in [0.5, 0.6) is 0 Å². The van der Waals surface area contributed by atoms with Crippen LogP contribution in [0.1, 0.15) is 38.5 Å². The van der Waals surface area contributed by atoms with Crippen LogP contribution < -0.4 is 0 Å². The van der Waals surface area contributed by atoms with Crippen molar-refractivity contribution < 1.29 is 57.5 Å². The van der Waals surface area contributed by atoms with Gasteiger partial charge in [-0.05, 0) is 110 Å². The van der Waals surface area contributed by atoms with Crippen molar-refractivity contribution in [2.45, 2.75) is 38.5 Å². The fourth-order valence-corrected chi connectivity index (χ4v) is 19.7. The summed E-state index contributed by atoms with van der Waals surface area (Å²) in [6.07, 6.45) is 30.2. The van der Waals surface area contributed by atoms with Gasteiger partial charge < -0.3 is 0 Å². The summed E-state index contributed by atoms with van der Waals surface area (Å²) in [6, 6.07) is 0. The molecule has 12 bridgehead atoms. The Labute approximate surface area is 449 Å². The van der Waals surface area contributed by atoms with E-state index in [2.05, 4.69) is 72.9 Å². The first-order valence-corrected chi connectivity index (χ1v) is 28.9.